The molecule has 16 heavy (non-hydrogen) atoms. The number of halogens is 1. The number of hydrogen-bond donors (Lipinski definition) is 0. The van der Waals surface area contributed by atoms with Gasteiger partial charge in [0.2, 0.25) is 0 Å². The van der Waals surface area contributed by atoms with Gasteiger partial charge in [-0.05, 0) is 45.4 Å². The second kappa shape index (κ2) is 11.4. The van der Waals surface area contributed by atoms with E-state index in [2.05, 4.69) is 48.9 Å². The Morgan fingerprint density at radius 1 is 1.00 bits per heavy atom. The Labute approximate surface area is 110 Å². The third-order valence-electron chi connectivity index (χ3n) is 2.99. The van der Waals surface area contributed by atoms with Gasteiger partial charge < -0.3 is 0 Å². The number of allylic oxidation sites excluding steroid dienone is 4. The molecule has 1 heteroatoms. The standard InChI is InChI=1S/C15H27Br/c1-4-15(5-2)12-9-11-14(3)10-7-6-8-13-16/h11-12H,4-10,13H2,1-3H3. The highest BCUT2D eigenvalue weighted by Gasteiger charge is 1.92. The van der Waals surface area contributed by atoms with Crippen molar-refractivity contribution in [2.24, 2.45) is 0 Å². The summed E-state index contributed by atoms with van der Waals surface area (Å²) in [5.74, 6) is 0. The Morgan fingerprint density at radius 2 is 1.69 bits per heavy atom. The Bertz CT molecular complexity index is 207. The van der Waals surface area contributed by atoms with Gasteiger partial charge in [-0.15, -0.1) is 0 Å². The van der Waals surface area contributed by atoms with Crippen LogP contribution in [0.15, 0.2) is 23.3 Å². The maximum absolute atomic E-state index is 3.47. The van der Waals surface area contributed by atoms with Crippen LogP contribution in [0.5, 0.6) is 0 Å². The maximum atomic E-state index is 3.47. The summed E-state index contributed by atoms with van der Waals surface area (Å²) >= 11 is 3.47. The summed E-state index contributed by atoms with van der Waals surface area (Å²) in [7, 11) is 0. The van der Waals surface area contributed by atoms with Crippen LogP contribution in [0.3, 0.4) is 0 Å². The van der Waals surface area contributed by atoms with E-state index in [9.17, 15) is 0 Å². The molecule has 0 N–H and O–H groups in total. The van der Waals surface area contributed by atoms with Gasteiger partial charge in [-0.3, -0.25) is 0 Å². The predicted molar refractivity (Wildman–Crippen MR) is 79.3 cm³/mol. The van der Waals surface area contributed by atoms with Crippen LogP contribution in [-0.4, -0.2) is 5.33 Å². The molecular weight excluding hydrogens is 260 g/mol. The van der Waals surface area contributed by atoms with E-state index in [-0.39, 0.29) is 0 Å². The zero-order valence-corrected chi connectivity index (χ0v) is 12.8. The van der Waals surface area contributed by atoms with Crippen molar-refractivity contribution in [3.63, 3.8) is 0 Å². The van der Waals surface area contributed by atoms with Crippen LogP contribution in [0.2, 0.25) is 0 Å². The lowest BCUT2D eigenvalue weighted by molar-refractivity contribution is 0.718. The van der Waals surface area contributed by atoms with Crippen LogP contribution in [0.25, 0.3) is 0 Å². The van der Waals surface area contributed by atoms with Crippen LogP contribution in [0, 0.1) is 0 Å². The quantitative estimate of drug-likeness (QED) is 0.276. The molecule has 0 unspecified atom stereocenters. The molecule has 0 aromatic carbocycles. The van der Waals surface area contributed by atoms with Gasteiger partial charge >= 0.3 is 0 Å². The first-order chi connectivity index (χ1) is 7.74. The zero-order chi connectivity index (χ0) is 12.2. The summed E-state index contributed by atoms with van der Waals surface area (Å²) in [5.41, 5.74) is 3.14. The van der Waals surface area contributed by atoms with E-state index in [1.807, 2.05) is 0 Å². The topological polar surface area (TPSA) is 0 Å². The molecule has 0 aliphatic heterocycles. The van der Waals surface area contributed by atoms with Crippen LogP contribution >= 0.6 is 15.9 Å². The lowest BCUT2D eigenvalue weighted by atomic mass is 10.1. The Hall–Kier alpha value is -0.0400. The molecule has 0 nitrogen and oxygen atoms in total. The van der Waals surface area contributed by atoms with E-state index in [0.29, 0.717) is 0 Å². The van der Waals surface area contributed by atoms with Gasteiger partial charge in [0.25, 0.3) is 0 Å². The average molecular weight is 287 g/mol. The highest BCUT2D eigenvalue weighted by Crippen LogP contribution is 2.12. The fourth-order valence-corrected chi connectivity index (χ4v) is 2.14. The lowest BCUT2D eigenvalue weighted by Gasteiger charge is -2.01. The summed E-state index contributed by atoms with van der Waals surface area (Å²) in [6.45, 7) is 6.75. The molecule has 0 bridgehead atoms. The van der Waals surface area contributed by atoms with Crippen molar-refractivity contribution in [1.82, 2.24) is 0 Å². The van der Waals surface area contributed by atoms with Crippen LogP contribution in [-0.2, 0) is 0 Å². The van der Waals surface area contributed by atoms with Crippen molar-refractivity contribution in [1.29, 1.82) is 0 Å². The molecule has 94 valence electrons. The molecular formula is C15H27Br. The normalized spacial score (nSPS) is 11.6. The molecule has 0 aliphatic carbocycles. The number of hydrogen-bond acceptors (Lipinski definition) is 0. The summed E-state index contributed by atoms with van der Waals surface area (Å²) in [5, 5.41) is 1.15. The van der Waals surface area contributed by atoms with E-state index in [1.54, 1.807) is 11.1 Å². The predicted octanol–water partition coefficient (Wildman–Crippen LogP) is 6.02. The summed E-state index contributed by atoms with van der Waals surface area (Å²) in [6, 6.07) is 0. The third kappa shape index (κ3) is 9.21. The molecule has 0 radical (unpaired) electrons. The molecule has 0 heterocycles. The van der Waals surface area contributed by atoms with E-state index in [1.165, 1.54) is 38.5 Å². The second-order valence-corrected chi connectivity index (χ2v) is 5.15. The summed E-state index contributed by atoms with van der Waals surface area (Å²) in [6.07, 6.45) is 13.6. The van der Waals surface area contributed by atoms with Gasteiger partial charge in [0, 0.05) is 5.33 Å². The molecule has 0 aromatic rings. The molecule has 0 atom stereocenters. The minimum absolute atomic E-state index is 1.13. The monoisotopic (exact) mass is 286 g/mol. The molecule has 0 saturated carbocycles. The fraction of sp³-hybridized carbons (Fsp3) is 0.733. The zero-order valence-electron chi connectivity index (χ0n) is 11.2. The van der Waals surface area contributed by atoms with E-state index in [0.717, 1.165) is 11.8 Å². The number of rotatable bonds is 9. The minimum atomic E-state index is 1.13. The largest absolute Gasteiger partial charge is 0.0928 e. The molecule has 0 aromatic heterocycles. The van der Waals surface area contributed by atoms with Gasteiger partial charge in [0.15, 0.2) is 0 Å². The van der Waals surface area contributed by atoms with Gasteiger partial charge in [-0.2, -0.15) is 0 Å². The minimum Gasteiger partial charge on any atom is -0.0928 e. The Balaban J connectivity index is 3.73. The highest BCUT2D eigenvalue weighted by atomic mass is 79.9. The van der Waals surface area contributed by atoms with Gasteiger partial charge in [-0.25, -0.2) is 0 Å². The lowest BCUT2D eigenvalue weighted by Crippen LogP contribution is -1.82. The van der Waals surface area contributed by atoms with Gasteiger partial charge in [-0.1, -0.05) is 59.5 Å². The van der Waals surface area contributed by atoms with Crippen molar-refractivity contribution >= 4 is 15.9 Å². The van der Waals surface area contributed by atoms with E-state index < -0.39 is 0 Å². The van der Waals surface area contributed by atoms with Crippen LogP contribution in [0.4, 0.5) is 0 Å². The summed E-state index contributed by atoms with van der Waals surface area (Å²) in [4.78, 5) is 0. The van der Waals surface area contributed by atoms with E-state index >= 15 is 0 Å². The average Bonchev–Trinajstić information content (AvgIpc) is 2.30. The second-order valence-electron chi connectivity index (χ2n) is 4.36. The molecule has 0 spiro atoms. The fourth-order valence-electron chi connectivity index (χ4n) is 1.74. The maximum Gasteiger partial charge on any atom is 0.00313 e. The van der Waals surface area contributed by atoms with Crippen LogP contribution in [0.1, 0.15) is 65.7 Å². The Kier molecular flexibility index (Phi) is 11.4. The highest BCUT2D eigenvalue weighted by molar-refractivity contribution is 9.09. The van der Waals surface area contributed by atoms with Crippen molar-refractivity contribution < 1.29 is 0 Å². The molecule has 0 aliphatic rings. The molecule has 0 saturated heterocycles. The van der Waals surface area contributed by atoms with Gasteiger partial charge in [0.05, 0.1) is 0 Å². The Morgan fingerprint density at radius 3 is 2.25 bits per heavy atom. The van der Waals surface area contributed by atoms with Gasteiger partial charge in [0.1, 0.15) is 0 Å². The SMILES string of the molecule is CCC(=CCC=C(C)CCCCCBr)CC. The van der Waals surface area contributed by atoms with Crippen molar-refractivity contribution in [2.75, 3.05) is 5.33 Å². The molecule has 0 rings (SSSR count). The first kappa shape index (κ1) is 16.0. The summed E-state index contributed by atoms with van der Waals surface area (Å²) < 4.78 is 0. The third-order valence-corrected chi connectivity index (χ3v) is 3.55. The first-order valence-corrected chi connectivity index (χ1v) is 7.76. The molecule has 0 amide bonds. The number of alkyl halides is 1. The smallest absolute Gasteiger partial charge is 0.00313 e. The molecule has 0 fully saturated rings. The number of unbranched alkanes of at least 4 members (excludes halogenated alkanes) is 2. The van der Waals surface area contributed by atoms with Crippen molar-refractivity contribution in [3.8, 4) is 0 Å². The first-order valence-electron chi connectivity index (χ1n) is 6.64. The van der Waals surface area contributed by atoms with Crippen molar-refractivity contribution in [2.45, 2.75) is 65.7 Å². The van der Waals surface area contributed by atoms with Crippen LogP contribution < -0.4 is 0 Å². The van der Waals surface area contributed by atoms with Crippen molar-refractivity contribution in [3.05, 3.63) is 23.3 Å². The van der Waals surface area contributed by atoms with E-state index in [4.69, 9.17) is 0 Å².